The first kappa shape index (κ1) is 10.7. The summed E-state index contributed by atoms with van der Waals surface area (Å²) in [5.41, 5.74) is 1.40. The molecular formula is C11H7F3O2. The third-order valence-corrected chi connectivity index (χ3v) is 2.22. The molecule has 0 amide bonds. The Morgan fingerprint density at radius 1 is 1.31 bits per heavy atom. The van der Waals surface area contributed by atoms with Gasteiger partial charge in [-0.25, -0.2) is 4.79 Å². The summed E-state index contributed by atoms with van der Waals surface area (Å²) in [7, 11) is 0. The van der Waals surface area contributed by atoms with Gasteiger partial charge in [0.1, 0.15) is 5.75 Å². The van der Waals surface area contributed by atoms with Gasteiger partial charge in [-0.05, 0) is 18.1 Å². The van der Waals surface area contributed by atoms with Crippen LogP contribution in [0.1, 0.15) is 11.1 Å². The molecule has 0 fully saturated rings. The standard InChI is InChI=1S/C11H7F3O2/c12-11(13,14)10(15)16-9-6-2-4-7-3-1-5-8(7)9/h1-4,6H,5H2. The van der Waals surface area contributed by atoms with E-state index in [-0.39, 0.29) is 5.75 Å². The first-order valence-electron chi connectivity index (χ1n) is 4.56. The zero-order valence-electron chi connectivity index (χ0n) is 8.04. The zero-order chi connectivity index (χ0) is 11.8. The van der Waals surface area contributed by atoms with Gasteiger partial charge < -0.3 is 4.74 Å². The predicted octanol–water partition coefficient (Wildman–Crippen LogP) is 2.72. The molecular weight excluding hydrogens is 221 g/mol. The van der Waals surface area contributed by atoms with Crippen LogP contribution < -0.4 is 4.74 Å². The van der Waals surface area contributed by atoms with E-state index in [1.807, 2.05) is 0 Å². The van der Waals surface area contributed by atoms with Gasteiger partial charge in [0.2, 0.25) is 0 Å². The van der Waals surface area contributed by atoms with Gasteiger partial charge in [-0.15, -0.1) is 0 Å². The van der Waals surface area contributed by atoms with Crippen LogP contribution in [0.25, 0.3) is 6.08 Å². The topological polar surface area (TPSA) is 26.3 Å². The molecule has 1 aromatic carbocycles. The molecule has 5 heteroatoms. The minimum absolute atomic E-state index is 0.0233. The molecule has 2 nitrogen and oxygen atoms in total. The van der Waals surface area contributed by atoms with E-state index in [9.17, 15) is 18.0 Å². The lowest BCUT2D eigenvalue weighted by Gasteiger charge is -2.10. The van der Waals surface area contributed by atoms with Crippen molar-refractivity contribution in [1.82, 2.24) is 0 Å². The Labute approximate surface area is 89.3 Å². The van der Waals surface area contributed by atoms with Crippen molar-refractivity contribution < 1.29 is 22.7 Å². The van der Waals surface area contributed by atoms with Crippen molar-refractivity contribution in [1.29, 1.82) is 0 Å². The fraction of sp³-hybridized carbons (Fsp3) is 0.182. The fourth-order valence-electron chi connectivity index (χ4n) is 1.51. The average molecular weight is 228 g/mol. The van der Waals surface area contributed by atoms with Crippen LogP contribution in [0.2, 0.25) is 0 Å². The Hall–Kier alpha value is -1.78. The van der Waals surface area contributed by atoms with Gasteiger partial charge in [-0.2, -0.15) is 13.2 Å². The summed E-state index contributed by atoms with van der Waals surface area (Å²) < 4.78 is 40.3. The summed E-state index contributed by atoms with van der Waals surface area (Å²) in [4.78, 5) is 10.7. The number of ether oxygens (including phenoxy) is 1. The number of halogens is 3. The molecule has 1 aromatic rings. The van der Waals surface area contributed by atoms with Crippen LogP contribution in [0, 0.1) is 0 Å². The number of alkyl halides is 3. The molecule has 1 aliphatic rings. The maximum atomic E-state index is 12.0. The number of fused-ring (bicyclic) bond motifs is 1. The molecule has 16 heavy (non-hydrogen) atoms. The smallest absolute Gasteiger partial charge is 0.420 e. The second-order valence-corrected chi connectivity index (χ2v) is 3.32. The van der Waals surface area contributed by atoms with Crippen molar-refractivity contribution in [2.45, 2.75) is 12.6 Å². The van der Waals surface area contributed by atoms with Crippen molar-refractivity contribution in [3.63, 3.8) is 0 Å². The molecule has 0 atom stereocenters. The highest BCUT2D eigenvalue weighted by Crippen LogP contribution is 2.30. The van der Waals surface area contributed by atoms with E-state index in [4.69, 9.17) is 0 Å². The van der Waals surface area contributed by atoms with Crippen molar-refractivity contribution >= 4 is 12.0 Å². The fourth-order valence-corrected chi connectivity index (χ4v) is 1.51. The third-order valence-electron chi connectivity index (χ3n) is 2.22. The van der Waals surface area contributed by atoms with Gasteiger partial charge in [0, 0.05) is 5.56 Å². The lowest BCUT2D eigenvalue weighted by atomic mass is 10.1. The predicted molar refractivity (Wildman–Crippen MR) is 50.9 cm³/mol. The van der Waals surface area contributed by atoms with E-state index in [0.29, 0.717) is 12.0 Å². The highest BCUT2D eigenvalue weighted by atomic mass is 19.4. The van der Waals surface area contributed by atoms with Crippen molar-refractivity contribution in [3.05, 3.63) is 35.4 Å². The Morgan fingerprint density at radius 2 is 2.06 bits per heavy atom. The Morgan fingerprint density at radius 3 is 2.75 bits per heavy atom. The number of carbonyl (C=O) groups is 1. The van der Waals surface area contributed by atoms with E-state index in [1.165, 1.54) is 6.07 Å². The lowest BCUT2D eigenvalue weighted by molar-refractivity contribution is -0.189. The van der Waals surface area contributed by atoms with Crippen LogP contribution in [0.4, 0.5) is 13.2 Å². The number of rotatable bonds is 1. The maximum absolute atomic E-state index is 12.0. The summed E-state index contributed by atoms with van der Waals surface area (Å²) >= 11 is 0. The van der Waals surface area contributed by atoms with Gasteiger partial charge in [0.15, 0.2) is 0 Å². The number of allylic oxidation sites excluding steroid dienone is 1. The van der Waals surface area contributed by atoms with Gasteiger partial charge in [0.05, 0.1) is 0 Å². The molecule has 0 unspecified atom stereocenters. The van der Waals surface area contributed by atoms with Crippen LogP contribution in [-0.4, -0.2) is 12.1 Å². The van der Waals surface area contributed by atoms with E-state index in [0.717, 1.165) is 5.56 Å². The second kappa shape index (κ2) is 3.66. The van der Waals surface area contributed by atoms with Gasteiger partial charge in [0.25, 0.3) is 0 Å². The summed E-state index contributed by atoms with van der Waals surface area (Å²) in [6, 6.07) is 4.66. The normalized spacial score (nSPS) is 13.7. The molecule has 0 aliphatic heterocycles. The highest BCUT2D eigenvalue weighted by Gasteiger charge is 2.41. The van der Waals surface area contributed by atoms with Crippen LogP contribution in [0.15, 0.2) is 24.3 Å². The molecule has 84 valence electrons. The van der Waals surface area contributed by atoms with E-state index < -0.39 is 12.1 Å². The summed E-state index contributed by atoms with van der Waals surface area (Å²) in [6.07, 6.45) is -0.902. The van der Waals surface area contributed by atoms with Crippen LogP contribution in [0.3, 0.4) is 0 Å². The average Bonchev–Trinajstić information content (AvgIpc) is 2.65. The van der Waals surface area contributed by atoms with Crippen molar-refractivity contribution in [2.75, 3.05) is 0 Å². The SMILES string of the molecule is O=C(Oc1cccc2c1CC=C2)C(F)(F)F. The molecule has 0 N–H and O–H groups in total. The quantitative estimate of drug-likeness (QED) is 0.545. The van der Waals surface area contributed by atoms with Crippen molar-refractivity contribution in [2.24, 2.45) is 0 Å². The van der Waals surface area contributed by atoms with E-state index >= 15 is 0 Å². The largest absolute Gasteiger partial charge is 0.491 e. The molecule has 1 aliphatic carbocycles. The monoisotopic (exact) mass is 228 g/mol. The highest BCUT2D eigenvalue weighted by molar-refractivity contribution is 5.79. The first-order valence-corrected chi connectivity index (χ1v) is 4.56. The van der Waals surface area contributed by atoms with Crippen LogP contribution in [-0.2, 0) is 11.2 Å². The van der Waals surface area contributed by atoms with E-state index in [1.54, 1.807) is 24.3 Å². The lowest BCUT2D eigenvalue weighted by Crippen LogP contribution is -2.28. The van der Waals surface area contributed by atoms with Crippen LogP contribution >= 0.6 is 0 Å². The number of benzene rings is 1. The molecule has 0 bridgehead atoms. The molecule has 0 spiro atoms. The Kier molecular flexibility index (Phi) is 2.46. The first-order chi connectivity index (χ1) is 7.48. The summed E-state index contributed by atoms with van der Waals surface area (Å²) in [5, 5.41) is 0. The number of carbonyl (C=O) groups excluding carboxylic acids is 1. The molecule has 0 saturated carbocycles. The summed E-state index contributed by atoms with van der Waals surface area (Å²) in [5.74, 6) is -2.21. The van der Waals surface area contributed by atoms with Gasteiger partial charge >= 0.3 is 12.1 Å². The second-order valence-electron chi connectivity index (χ2n) is 3.32. The molecule has 0 radical (unpaired) electrons. The third kappa shape index (κ3) is 1.93. The number of hydrogen-bond donors (Lipinski definition) is 0. The van der Waals surface area contributed by atoms with E-state index in [2.05, 4.69) is 4.74 Å². The molecule has 0 saturated heterocycles. The molecule has 0 heterocycles. The summed E-state index contributed by atoms with van der Waals surface area (Å²) in [6.45, 7) is 0. The Balaban J connectivity index is 2.24. The van der Waals surface area contributed by atoms with Gasteiger partial charge in [-0.1, -0.05) is 24.3 Å². The number of hydrogen-bond acceptors (Lipinski definition) is 2. The van der Waals surface area contributed by atoms with Crippen LogP contribution in [0.5, 0.6) is 5.75 Å². The van der Waals surface area contributed by atoms with Crippen molar-refractivity contribution in [3.8, 4) is 5.75 Å². The van der Waals surface area contributed by atoms with Gasteiger partial charge in [-0.3, -0.25) is 0 Å². The minimum Gasteiger partial charge on any atom is -0.420 e. The zero-order valence-corrected chi connectivity index (χ0v) is 8.04. The molecule has 2 rings (SSSR count). The maximum Gasteiger partial charge on any atom is 0.491 e. The minimum atomic E-state index is -4.96. The Bertz CT molecular complexity index is 461. The molecule has 0 aromatic heterocycles. The number of esters is 1.